The van der Waals surface area contributed by atoms with Crippen molar-refractivity contribution >= 4 is 23.9 Å². The third-order valence-corrected chi connectivity index (χ3v) is 2.42. The first-order chi connectivity index (χ1) is 9.92. The fourth-order valence-corrected chi connectivity index (χ4v) is 1.39. The zero-order valence-electron chi connectivity index (χ0n) is 13.1. The van der Waals surface area contributed by atoms with Gasteiger partial charge in [0.05, 0.1) is 0 Å². The standard InChI is InChI=1S/C13H23N3O6/c1-7(15-12(21)22-13(2,3)4)10(18)16-8(11(19)20)5-6-9(14)17/h7-8H,5-6H2,1-4H3,(H2,14,17)(H,15,21)(H,16,18)(H,19,20). The van der Waals surface area contributed by atoms with Crippen LogP contribution < -0.4 is 16.4 Å². The first-order valence-electron chi connectivity index (χ1n) is 6.73. The van der Waals surface area contributed by atoms with Crippen LogP contribution in [0.15, 0.2) is 0 Å². The normalized spacial score (nSPS) is 13.6. The average Bonchev–Trinajstić information content (AvgIpc) is 2.30. The highest BCUT2D eigenvalue weighted by molar-refractivity contribution is 5.89. The lowest BCUT2D eigenvalue weighted by atomic mass is 10.1. The minimum absolute atomic E-state index is 0.129. The summed E-state index contributed by atoms with van der Waals surface area (Å²) in [6.45, 7) is 6.39. The molecule has 0 fully saturated rings. The van der Waals surface area contributed by atoms with Gasteiger partial charge >= 0.3 is 12.1 Å². The number of ether oxygens (including phenoxy) is 1. The Kier molecular flexibility index (Phi) is 7.34. The second kappa shape index (κ2) is 8.20. The van der Waals surface area contributed by atoms with E-state index in [9.17, 15) is 19.2 Å². The van der Waals surface area contributed by atoms with E-state index in [1.165, 1.54) is 6.92 Å². The van der Waals surface area contributed by atoms with Gasteiger partial charge in [-0.1, -0.05) is 0 Å². The topological polar surface area (TPSA) is 148 Å². The number of carboxylic acids is 1. The number of nitrogens with two attached hydrogens (primary N) is 1. The van der Waals surface area contributed by atoms with Crippen molar-refractivity contribution in [3.8, 4) is 0 Å². The minimum Gasteiger partial charge on any atom is -0.480 e. The molecule has 9 heteroatoms. The van der Waals surface area contributed by atoms with Crippen LogP contribution in [0.25, 0.3) is 0 Å². The lowest BCUT2D eigenvalue weighted by Crippen LogP contribution is -2.51. The SMILES string of the molecule is CC(NC(=O)OC(C)(C)C)C(=O)NC(CCC(N)=O)C(=O)O. The number of alkyl carbamates (subject to hydrolysis) is 1. The van der Waals surface area contributed by atoms with Crippen LogP contribution in [0.3, 0.4) is 0 Å². The third kappa shape index (κ3) is 8.77. The van der Waals surface area contributed by atoms with Gasteiger partial charge in [0.2, 0.25) is 11.8 Å². The highest BCUT2D eigenvalue weighted by atomic mass is 16.6. The Labute approximate surface area is 128 Å². The quantitative estimate of drug-likeness (QED) is 0.508. The molecule has 0 aromatic heterocycles. The van der Waals surface area contributed by atoms with Gasteiger partial charge in [-0.25, -0.2) is 9.59 Å². The minimum atomic E-state index is -1.29. The predicted octanol–water partition coefficient (Wildman–Crippen LogP) is -0.265. The molecule has 0 radical (unpaired) electrons. The number of carboxylic acid groups (broad SMARTS) is 1. The Morgan fingerprint density at radius 1 is 1.18 bits per heavy atom. The molecule has 0 spiro atoms. The molecule has 9 nitrogen and oxygen atoms in total. The number of rotatable bonds is 7. The van der Waals surface area contributed by atoms with Gasteiger partial charge in [-0.05, 0) is 34.1 Å². The van der Waals surface area contributed by atoms with Crippen molar-refractivity contribution in [1.29, 1.82) is 0 Å². The maximum Gasteiger partial charge on any atom is 0.408 e. The molecule has 0 aliphatic rings. The van der Waals surface area contributed by atoms with Gasteiger partial charge in [-0.2, -0.15) is 0 Å². The molecule has 0 saturated heterocycles. The number of hydrogen-bond donors (Lipinski definition) is 4. The predicted molar refractivity (Wildman–Crippen MR) is 76.8 cm³/mol. The summed E-state index contributed by atoms with van der Waals surface area (Å²) in [5.74, 6) is -2.66. The summed E-state index contributed by atoms with van der Waals surface area (Å²) in [5, 5.41) is 13.5. The van der Waals surface area contributed by atoms with Crippen LogP contribution in [0.4, 0.5) is 4.79 Å². The van der Waals surface area contributed by atoms with E-state index >= 15 is 0 Å². The van der Waals surface area contributed by atoms with Crippen LogP contribution in [0.2, 0.25) is 0 Å². The van der Waals surface area contributed by atoms with Crippen LogP contribution in [0.5, 0.6) is 0 Å². The smallest absolute Gasteiger partial charge is 0.408 e. The van der Waals surface area contributed by atoms with Crippen LogP contribution in [0, 0.1) is 0 Å². The van der Waals surface area contributed by atoms with E-state index in [1.807, 2.05) is 0 Å². The van der Waals surface area contributed by atoms with Crippen molar-refractivity contribution in [2.75, 3.05) is 0 Å². The summed E-state index contributed by atoms with van der Waals surface area (Å²) in [6.07, 6.45) is -1.10. The van der Waals surface area contributed by atoms with Gasteiger partial charge < -0.3 is 26.2 Å². The number of carbonyl (C=O) groups excluding carboxylic acids is 3. The highest BCUT2D eigenvalue weighted by Crippen LogP contribution is 2.06. The van der Waals surface area contributed by atoms with Crippen LogP contribution in [0.1, 0.15) is 40.5 Å². The molecule has 2 atom stereocenters. The Bertz CT molecular complexity index is 444. The van der Waals surface area contributed by atoms with E-state index in [0.717, 1.165) is 0 Å². The Hall–Kier alpha value is -2.32. The maximum absolute atomic E-state index is 11.8. The lowest BCUT2D eigenvalue weighted by Gasteiger charge is -2.22. The van der Waals surface area contributed by atoms with Crippen molar-refractivity contribution in [2.45, 2.75) is 58.2 Å². The van der Waals surface area contributed by atoms with Gasteiger partial charge in [0.15, 0.2) is 0 Å². The van der Waals surface area contributed by atoms with Crippen molar-refractivity contribution in [2.24, 2.45) is 5.73 Å². The number of carbonyl (C=O) groups is 4. The molecule has 0 bridgehead atoms. The van der Waals surface area contributed by atoms with Gasteiger partial charge in [0, 0.05) is 6.42 Å². The second-order valence-corrected chi connectivity index (χ2v) is 5.77. The van der Waals surface area contributed by atoms with Crippen molar-refractivity contribution in [3.63, 3.8) is 0 Å². The number of nitrogens with one attached hydrogen (secondary N) is 2. The molecule has 0 rings (SSSR count). The van der Waals surface area contributed by atoms with Crippen LogP contribution >= 0.6 is 0 Å². The average molecular weight is 317 g/mol. The Morgan fingerprint density at radius 2 is 1.73 bits per heavy atom. The van der Waals surface area contributed by atoms with Gasteiger partial charge in [0.25, 0.3) is 0 Å². The summed E-state index contributed by atoms with van der Waals surface area (Å²) in [6, 6.07) is -2.26. The molecule has 0 aromatic carbocycles. The number of amides is 3. The van der Waals surface area contributed by atoms with Crippen LogP contribution in [-0.2, 0) is 19.1 Å². The summed E-state index contributed by atoms with van der Waals surface area (Å²) < 4.78 is 4.98. The number of primary amides is 1. The largest absolute Gasteiger partial charge is 0.480 e. The highest BCUT2D eigenvalue weighted by Gasteiger charge is 2.25. The molecule has 22 heavy (non-hydrogen) atoms. The number of aliphatic carboxylic acids is 1. The summed E-state index contributed by atoms with van der Waals surface area (Å²) >= 11 is 0. The summed E-state index contributed by atoms with van der Waals surface area (Å²) in [7, 11) is 0. The summed E-state index contributed by atoms with van der Waals surface area (Å²) in [5.41, 5.74) is 4.22. The third-order valence-electron chi connectivity index (χ3n) is 2.42. The van der Waals surface area contributed by atoms with Gasteiger partial charge in [0.1, 0.15) is 17.7 Å². The van der Waals surface area contributed by atoms with E-state index in [0.29, 0.717) is 0 Å². The van der Waals surface area contributed by atoms with Crippen molar-refractivity contribution in [1.82, 2.24) is 10.6 Å². The van der Waals surface area contributed by atoms with E-state index in [-0.39, 0.29) is 12.8 Å². The van der Waals surface area contributed by atoms with E-state index in [2.05, 4.69) is 10.6 Å². The lowest BCUT2D eigenvalue weighted by molar-refractivity contribution is -0.142. The molecule has 0 aliphatic carbocycles. The molecular weight excluding hydrogens is 294 g/mol. The Morgan fingerprint density at radius 3 is 2.14 bits per heavy atom. The van der Waals surface area contributed by atoms with Crippen molar-refractivity contribution < 1.29 is 29.0 Å². The molecule has 0 saturated carbocycles. The number of hydrogen-bond acceptors (Lipinski definition) is 5. The zero-order valence-corrected chi connectivity index (χ0v) is 13.1. The van der Waals surface area contributed by atoms with E-state index in [1.54, 1.807) is 20.8 Å². The van der Waals surface area contributed by atoms with Crippen LogP contribution in [-0.4, -0.2) is 46.7 Å². The molecule has 5 N–H and O–H groups in total. The molecule has 0 aromatic rings. The van der Waals surface area contributed by atoms with Gasteiger partial charge in [-0.3, -0.25) is 9.59 Å². The maximum atomic E-state index is 11.8. The molecule has 3 amide bonds. The van der Waals surface area contributed by atoms with Crippen molar-refractivity contribution in [3.05, 3.63) is 0 Å². The molecule has 0 heterocycles. The first kappa shape index (κ1) is 19.7. The fraction of sp³-hybridized carbons (Fsp3) is 0.692. The fourth-order valence-electron chi connectivity index (χ4n) is 1.39. The van der Waals surface area contributed by atoms with E-state index < -0.39 is 41.6 Å². The molecule has 2 unspecified atom stereocenters. The summed E-state index contributed by atoms with van der Waals surface area (Å²) in [4.78, 5) is 45.0. The molecular formula is C13H23N3O6. The molecule has 0 aliphatic heterocycles. The first-order valence-corrected chi connectivity index (χ1v) is 6.73. The zero-order chi connectivity index (χ0) is 17.5. The monoisotopic (exact) mass is 317 g/mol. The van der Waals surface area contributed by atoms with Gasteiger partial charge in [-0.15, -0.1) is 0 Å². The van der Waals surface area contributed by atoms with E-state index in [4.69, 9.17) is 15.6 Å². The Balaban J connectivity index is 4.50. The molecule has 126 valence electrons. The second-order valence-electron chi connectivity index (χ2n) is 5.77.